The van der Waals surface area contributed by atoms with Gasteiger partial charge in [-0.25, -0.2) is 0 Å². The van der Waals surface area contributed by atoms with E-state index in [2.05, 4.69) is 32.1 Å². The number of aliphatic hydroxyl groups excluding tert-OH is 2. The highest BCUT2D eigenvalue weighted by Crippen LogP contribution is 2.58. The molecule has 5 heterocycles. The molecule has 0 aromatic carbocycles. The van der Waals surface area contributed by atoms with Gasteiger partial charge in [-0.3, -0.25) is 0 Å². The number of nitriles is 1. The number of ether oxygens (including phenoxy) is 6. The number of hydrogen-bond acceptors (Lipinski definition) is 12. The number of rotatable bonds is 19. The number of hydrogen-bond donors (Lipinski definition) is 2. The van der Waals surface area contributed by atoms with Gasteiger partial charge in [0.25, 0.3) is 0 Å². The molecule has 0 saturated heterocycles. The van der Waals surface area contributed by atoms with Crippen LogP contribution >= 0.6 is 22.7 Å². The van der Waals surface area contributed by atoms with Gasteiger partial charge in [0.05, 0.1) is 63.3 Å². The largest absolute Gasteiger partial charge is 0.488 e. The predicted octanol–water partition coefficient (Wildman–Crippen LogP) is 10.0. The maximum Gasteiger partial charge on any atom is 0.181 e. The third kappa shape index (κ3) is 9.45. The molecule has 3 aliphatic heterocycles. The summed E-state index contributed by atoms with van der Waals surface area (Å²) in [6, 6.07) is 2.24. The average molecular weight is 809 g/mol. The van der Waals surface area contributed by atoms with Crippen LogP contribution in [-0.4, -0.2) is 78.5 Å². The van der Waals surface area contributed by atoms with Crippen LogP contribution in [0.25, 0.3) is 21.9 Å². The van der Waals surface area contributed by atoms with Gasteiger partial charge < -0.3 is 43.5 Å². The van der Waals surface area contributed by atoms with Crippen LogP contribution in [0.4, 0.5) is 0 Å². The summed E-state index contributed by atoms with van der Waals surface area (Å²) < 4.78 is 39.2. The Kier molecular flexibility index (Phi) is 14.7. The highest BCUT2D eigenvalue weighted by Gasteiger charge is 2.38. The maximum absolute atomic E-state index is 9.77. The zero-order valence-electron chi connectivity index (χ0n) is 34.6. The molecule has 12 heteroatoms. The lowest BCUT2D eigenvalue weighted by atomic mass is 9.95. The van der Waals surface area contributed by atoms with Gasteiger partial charge in [0, 0.05) is 30.8 Å². The van der Waals surface area contributed by atoms with Crippen molar-refractivity contribution in [3.63, 3.8) is 0 Å². The molecule has 2 N–H and O–H groups in total. The summed E-state index contributed by atoms with van der Waals surface area (Å²) >= 11 is 3.16. The molecule has 0 saturated carbocycles. The molecule has 1 atom stereocenters. The molecule has 10 nitrogen and oxygen atoms in total. The average Bonchev–Trinajstić information content (AvgIpc) is 3.85. The van der Waals surface area contributed by atoms with Crippen LogP contribution in [0.5, 0.6) is 23.0 Å². The molecule has 0 spiro atoms. The van der Waals surface area contributed by atoms with Crippen LogP contribution in [0.3, 0.4) is 0 Å². The summed E-state index contributed by atoms with van der Waals surface area (Å²) in [4.78, 5) is 5.53. The topological polar surface area (TPSA) is 123 Å². The highest BCUT2D eigenvalue weighted by atomic mass is 32.1. The molecule has 2 aromatic heterocycles. The molecule has 5 rings (SSSR count). The Morgan fingerprint density at radius 2 is 1.64 bits per heavy atom. The van der Waals surface area contributed by atoms with Crippen molar-refractivity contribution in [1.29, 1.82) is 5.26 Å². The van der Waals surface area contributed by atoms with Crippen LogP contribution in [0, 0.1) is 11.3 Å². The van der Waals surface area contributed by atoms with E-state index in [9.17, 15) is 15.5 Å². The molecule has 1 unspecified atom stereocenters. The van der Waals surface area contributed by atoms with Crippen molar-refractivity contribution in [3.05, 3.63) is 55.8 Å². The van der Waals surface area contributed by atoms with Crippen molar-refractivity contribution in [2.24, 2.45) is 0 Å². The van der Waals surface area contributed by atoms with E-state index in [0.29, 0.717) is 67.3 Å². The standard InChI is InChI=1S/C44H60N2O8S2/c1-10-13-15-23-50-37-34(24-31-25-35(44(8,9)53-31)46(19-21-47)20-22-48)56-41(39(37)49-12-3)42-40-38(52-30(27-51-40)16-14-11-2)33(55-42)18-17-32-29(5)36(28(4)26-45)54-43(32,6)7/h17-18,24-25,30,47-48H,10-16,19-23,27H2,1-9H3/b18-17+,31-24-,36-28+. The van der Waals surface area contributed by atoms with Gasteiger partial charge in [-0.15, -0.1) is 22.7 Å². The fourth-order valence-electron chi connectivity index (χ4n) is 7.28. The highest BCUT2D eigenvalue weighted by molar-refractivity contribution is 7.24. The van der Waals surface area contributed by atoms with Crippen molar-refractivity contribution < 1.29 is 38.6 Å². The van der Waals surface area contributed by atoms with Crippen LogP contribution < -0.4 is 18.9 Å². The molecule has 0 bridgehead atoms. The fraction of sp³-hybridized carbons (Fsp3) is 0.568. The van der Waals surface area contributed by atoms with Crippen LogP contribution in [0.2, 0.25) is 0 Å². The van der Waals surface area contributed by atoms with Gasteiger partial charge in [-0.05, 0) is 79.4 Å². The molecular weight excluding hydrogens is 749 g/mol. The summed E-state index contributed by atoms with van der Waals surface area (Å²) in [6.45, 7) is 20.3. The lowest BCUT2D eigenvalue weighted by Crippen LogP contribution is -2.38. The Bertz CT molecular complexity index is 1900. The number of aliphatic hydroxyl groups is 2. The number of nitrogens with zero attached hydrogens (tertiary/aromatic N) is 2. The van der Waals surface area contributed by atoms with Crippen molar-refractivity contribution >= 4 is 34.8 Å². The quantitative estimate of drug-likeness (QED) is 0.105. The molecule has 306 valence electrons. The van der Waals surface area contributed by atoms with Crippen molar-refractivity contribution in [1.82, 2.24) is 4.90 Å². The zero-order valence-corrected chi connectivity index (χ0v) is 36.3. The Labute approximate surface area is 341 Å². The normalized spacial score (nSPS) is 19.9. The lowest BCUT2D eigenvalue weighted by molar-refractivity contribution is 0.0619. The van der Waals surface area contributed by atoms with E-state index in [0.717, 1.165) is 80.6 Å². The van der Waals surface area contributed by atoms with Crippen molar-refractivity contribution in [2.45, 2.75) is 118 Å². The van der Waals surface area contributed by atoms with Crippen LogP contribution in [0.1, 0.15) is 111 Å². The SMILES string of the molecule is CCCCCOc1c(/C=C2/C=C(N(CCO)CCO)C(C)(C)O2)sc(-c2sc(/C=C/C3=C(C)C(=C(/C)C#N)/OC3(C)C)c3c2OCC(CCCC)O3)c1OCC. The minimum atomic E-state index is -0.675. The van der Waals surface area contributed by atoms with E-state index in [1.165, 1.54) is 0 Å². The first-order valence-electron chi connectivity index (χ1n) is 20.0. The second-order valence-corrected chi connectivity index (χ2v) is 17.4. The van der Waals surface area contributed by atoms with Gasteiger partial charge in [-0.1, -0.05) is 39.2 Å². The van der Waals surface area contributed by atoms with E-state index < -0.39 is 11.2 Å². The number of thiophene rings is 2. The second kappa shape index (κ2) is 19.0. The van der Waals surface area contributed by atoms with Crippen molar-refractivity contribution in [3.8, 4) is 38.8 Å². The van der Waals surface area contributed by atoms with Gasteiger partial charge in [0.2, 0.25) is 0 Å². The van der Waals surface area contributed by atoms with Gasteiger partial charge in [-0.2, -0.15) is 5.26 Å². The third-order valence-electron chi connectivity index (χ3n) is 10.0. The second-order valence-electron chi connectivity index (χ2n) is 15.3. The summed E-state index contributed by atoms with van der Waals surface area (Å²) in [6.07, 6.45) is 14.1. The van der Waals surface area contributed by atoms with E-state index in [1.54, 1.807) is 29.6 Å². The Morgan fingerprint density at radius 1 is 0.929 bits per heavy atom. The molecule has 3 aliphatic rings. The number of allylic oxidation sites excluding steroid dienone is 3. The number of unbranched alkanes of at least 4 members (excludes halogenated alkanes) is 3. The molecule has 0 amide bonds. The fourth-order valence-corrected chi connectivity index (χ4v) is 9.61. The summed E-state index contributed by atoms with van der Waals surface area (Å²) in [5.41, 5.74) is 2.09. The smallest absolute Gasteiger partial charge is 0.181 e. The minimum absolute atomic E-state index is 0.0383. The third-order valence-corrected chi connectivity index (χ3v) is 12.4. The van der Waals surface area contributed by atoms with E-state index >= 15 is 0 Å². The first kappa shape index (κ1) is 43.2. The molecule has 56 heavy (non-hydrogen) atoms. The maximum atomic E-state index is 9.77. The minimum Gasteiger partial charge on any atom is -0.488 e. The molecule has 0 radical (unpaired) electrons. The Balaban J connectivity index is 1.66. The van der Waals surface area contributed by atoms with Gasteiger partial charge >= 0.3 is 0 Å². The van der Waals surface area contributed by atoms with Gasteiger partial charge in [0.15, 0.2) is 23.0 Å². The van der Waals surface area contributed by atoms with Crippen LogP contribution in [0.15, 0.2) is 46.1 Å². The molecular formula is C44H60N2O8S2. The van der Waals surface area contributed by atoms with Crippen LogP contribution in [-0.2, 0) is 9.47 Å². The van der Waals surface area contributed by atoms with E-state index in [1.807, 2.05) is 58.6 Å². The summed E-state index contributed by atoms with van der Waals surface area (Å²) in [7, 11) is 0. The van der Waals surface area contributed by atoms with E-state index in [4.69, 9.17) is 28.4 Å². The zero-order chi connectivity index (χ0) is 40.6. The molecule has 0 fully saturated rings. The van der Waals surface area contributed by atoms with Gasteiger partial charge in [0.1, 0.15) is 35.4 Å². The molecule has 0 aliphatic carbocycles. The summed E-state index contributed by atoms with van der Waals surface area (Å²) in [5.74, 6) is 4.01. The number of fused-ring (bicyclic) bond motifs is 1. The first-order chi connectivity index (χ1) is 26.8. The molecule has 2 aromatic rings. The first-order valence-corrected chi connectivity index (χ1v) is 21.6. The Hall–Kier alpha value is -3.89. The summed E-state index contributed by atoms with van der Waals surface area (Å²) in [5, 5.41) is 29.2. The van der Waals surface area contributed by atoms with E-state index in [-0.39, 0.29) is 19.3 Å². The van der Waals surface area contributed by atoms with Crippen molar-refractivity contribution in [2.75, 3.05) is 46.1 Å². The lowest BCUT2D eigenvalue weighted by Gasteiger charge is -2.32. The predicted molar refractivity (Wildman–Crippen MR) is 225 cm³/mol. The Morgan fingerprint density at radius 3 is 2.30 bits per heavy atom. The monoisotopic (exact) mass is 808 g/mol.